The van der Waals surface area contributed by atoms with Crippen molar-refractivity contribution >= 4 is 23.3 Å². The number of aromatic nitrogens is 2. The molecular formula is C24H23N5O4. The van der Waals surface area contributed by atoms with Crippen molar-refractivity contribution in [1.82, 2.24) is 19.8 Å². The van der Waals surface area contributed by atoms with Crippen molar-refractivity contribution < 1.29 is 18.7 Å². The van der Waals surface area contributed by atoms with Gasteiger partial charge in [0.1, 0.15) is 17.2 Å². The maximum absolute atomic E-state index is 13.5. The second kappa shape index (κ2) is 8.78. The molecule has 9 heteroatoms. The van der Waals surface area contributed by atoms with Gasteiger partial charge in [0.15, 0.2) is 0 Å². The molecule has 2 aromatic heterocycles. The highest BCUT2D eigenvalue weighted by atomic mass is 16.5. The molecule has 5 rings (SSSR count). The molecule has 0 aliphatic carbocycles. The Morgan fingerprint density at radius 3 is 2.24 bits per heavy atom. The largest absolute Gasteiger partial charge is 0.497 e. The smallest absolute Gasteiger partial charge is 0.278 e. The minimum absolute atomic E-state index is 0.0889. The van der Waals surface area contributed by atoms with Crippen LogP contribution in [0.1, 0.15) is 11.3 Å². The molecule has 2 aliphatic heterocycles. The summed E-state index contributed by atoms with van der Waals surface area (Å²) >= 11 is 0. The number of carbonyl (C=O) groups is 2. The molecule has 3 aromatic rings. The summed E-state index contributed by atoms with van der Waals surface area (Å²) in [6.45, 7) is 2.51. The van der Waals surface area contributed by atoms with Gasteiger partial charge in [-0.1, -0.05) is 12.1 Å². The van der Waals surface area contributed by atoms with E-state index in [0.29, 0.717) is 60.5 Å². The van der Waals surface area contributed by atoms with Crippen molar-refractivity contribution in [1.29, 1.82) is 0 Å². The predicted molar refractivity (Wildman–Crippen MR) is 120 cm³/mol. The van der Waals surface area contributed by atoms with Crippen LogP contribution in [0, 0.1) is 0 Å². The van der Waals surface area contributed by atoms with Gasteiger partial charge in [0.2, 0.25) is 5.95 Å². The lowest BCUT2D eigenvalue weighted by atomic mass is 10.0. The summed E-state index contributed by atoms with van der Waals surface area (Å²) < 4.78 is 10.6. The number of imide groups is 1. The average Bonchev–Trinajstić information content (AvgIpc) is 3.47. The first kappa shape index (κ1) is 20.7. The van der Waals surface area contributed by atoms with E-state index in [1.807, 2.05) is 17.0 Å². The number of ether oxygens (including phenoxy) is 1. The van der Waals surface area contributed by atoms with Gasteiger partial charge < -0.3 is 19.0 Å². The van der Waals surface area contributed by atoms with Gasteiger partial charge in [0, 0.05) is 38.6 Å². The number of rotatable bonds is 6. The molecule has 0 bridgehead atoms. The van der Waals surface area contributed by atoms with Crippen LogP contribution in [0.2, 0.25) is 0 Å². The van der Waals surface area contributed by atoms with E-state index in [-0.39, 0.29) is 18.4 Å². The first-order chi connectivity index (χ1) is 16.2. The molecule has 2 aliphatic rings. The molecule has 0 atom stereocenters. The minimum atomic E-state index is -0.328. The van der Waals surface area contributed by atoms with Crippen molar-refractivity contribution in [2.45, 2.75) is 6.54 Å². The summed E-state index contributed by atoms with van der Waals surface area (Å²) in [5, 5.41) is 0. The van der Waals surface area contributed by atoms with Crippen molar-refractivity contribution in [2.24, 2.45) is 0 Å². The Hall–Kier alpha value is -4.14. The Morgan fingerprint density at radius 1 is 0.909 bits per heavy atom. The van der Waals surface area contributed by atoms with E-state index in [4.69, 9.17) is 9.15 Å². The summed E-state index contributed by atoms with van der Waals surface area (Å²) in [5.74, 6) is 1.26. The van der Waals surface area contributed by atoms with Crippen molar-refractivity contribution in [2.75, 3.05) is 38.2 Å². The SMILES string of the molecule is COc1ccc(C2=C(N3CCN(c4ncccn4)CC3)C(=O)N(Cc3ccco3)C2=O)cc1. The Labute approximate surface area is 190 Å². The molecule has 168 valence electrons. The molecule has 0 radical (unpaired) electrons. The highest BCUT2D eigenvalue weighted by molar-refractivity contribution is 6.35. The van der Waals surface area contributed by atoms with Gasteiger partial charge in [-0.3, -0.25) is 14.5 Å². The lowest BCUT2D eigenvalue weighted by Gasteiger charge is -2.36. The molecule has 0 N–H and O–H groups in total. The molecule has 9 nitrogen and oxygen atoms in total. The first-order valence-electron chi connectivity index (χ1n) is 10.7. The quantitative estimate of drug-likeness (QED) is 0.533. The van der Waals surface area contributed by atoms with Crippen LogP contribution in [0.15, 0.2) is 71.2 Å². The van der Waals surface area contributed by atoms with Gasteiger partial charge in [-0.2, -0.15) is 0 Å². The average molecular weight is 445 g/mol. The van der Waals surface area contributed by atoms with Gasteiger partial charge in [0.05, 0.1) is 25.5 Å². The molecule has 0 spiro atoms. The second-order valence-electron chi connectivity index (χ2n) is 7.75. The standard InChI is InChI=1S/C24H23N5O4/c1-32-18-7-5-17(6-8-18)20-21(23(31)29(22(20)30)16-19-4-2-15-33-19)27-11-13-28(14-12-27)24-25-9-3-10-26-24/h2-10,15H,11-14,16H2,1H3. The van der Waals surface area contributed by atoms with Gasteiger partial charge in [-0.15, -0.1) is 0 Å². The van der Waals surface area contributed by atoms with Crippen LogP contribution in [0.3, 0.4) is 0 Å². The number of hydrogen-bond donors (Lipinski definition) is 0. The van der Waals surface area contributed by atoms with Crippen LogP contribution in [0.4, 0.5) is 5.95 Å². The summed E-state index contributed by atoms with van der Waals surface area (Å²) in [4.78, 5) is 40.9. The number of amides is 2. The number of anilines is 1. The highest BCUT2D eigenvalue weighted by Crippen LogP contribution is 2.34. The highest BCUT2D eigenvalue weighted by Gasteiger charge is 2.42. The van der Waals surface area contributed by atoms with Gasteiger partial charge in [-0.05, 0) is 35.9 Å². The summed E-state index contributed by atoms with van der Waals surface area (Å²) in [6.07, 6.45) is 4.96. The lowest BCUT2D eigenvalue weighted by molar-refractivity contribution is -0.138. The second-order valence-corrected chi connectivity index (χ2v) is 7.75. The van der Waals surface area contributed by atoms with Crippen molar-refractivity contribution in [3.8, 4) is 5.75 Å². The van der Waals surface area contributed by atoms with Crippen LogP contribution < -0.4 is 9.64 Å². The van der Waals surface area contributed by atoms with Gasteiger partial charge in [0.25, 0.3) is 11.8 Å². The fourth-order valence-corrected chi connectivity index (χ4v) is 4.16. The summed E-state index contributed by atoms with van der Waals surface area (Å²) in [5.41, 5.74) is 1.50. The molecule has 4 heterocycles. The van der Waals surface area contributed by atoms with Gasteiger partial charge >= 0.3 is 0 Å². The lowest BCUT2D eigenvalue weighted by Crippen LogP contribution is -2.48. The van der Waals surface area contributed by atoms with Crippen LogP contribution >= 0.6 is 0 Å². The fourth-order valence-electron chi connectivity index (χ4n) is 4.16. The predicted octanol–water partition coefficient (Wildman–Crippen LogP) is 2.18. The van der Waals surface area contributed by atoms with E-state index >= 15 is 0 Å². The Balaban J connectivity index is 1.45. The molecule has 0 unspecified atom stereocenters. The Bertz CT molecular complexity index is 1170. The van der Waals surface area contributed by atoms with E-state index in [0.717, 1.165) is 0 Å². The number of piperazine rings is 1. The maximum atomic E-state index is 13.5. The van der Waals surface area contributed by atoms with E-state index in [2.05, 4.69) is 14.9 Å². The number of hydrogen-bond acceptors (Lipinski definition) is 8. The summed E-state index contributed by atoms with van der Waals surface area (Å²) in [7, 11) is 1.59. The van der Waals surface area contributed by atoms with Crippen LogP contribution in [-0.4, -0.2) is 64.9 Å². The molecule has 33 heavy (non-hydrogen) atoms. The normalized spacial score (nSPS) is 16.7. The molecular weight excluding hydrogens is 422 g/mol. The van der Waals surface area contributed by atoms with E-state index in [9.17, 15) is 9.59 Å². The third-order valence-corrected chi connectivity index (χ3v) is 5.85. The topological polar surface area (TPSA) is 92.0 Å². The third-order valence-electron chi connectivity index (χ3n) is 5.85. The number of methoxy groups -OCH3 is 1. The van der Waals surface area contributed by atoms with Crippen molar-refractivity contribution in [3.63, 3.8) is 0 Å². The minimum Gasteiger partial charge on any atom is -0.497 e. The molecule has 1 fully saturated rings. The number of benzene rings is 1. The molecule has 1 saturated heterocycles. The van der Waals surface area contributed by atoms with Gasteiger partial charge in [-0.25, -0.2) is 9.97 Å². The fraction of sp³-hybridized carbons (Fsp3) is 0.250. The zero-order valence-electron chi connectivity index (χ0n) is 18.2. The van der Waals surface area contributed by atoms with E-state index in [1.165, 1.54) is 11.2 Å². The van der Waals surface area contributed by atoms with Crippen LogP contribution in [-0.2, 0) is 16.1 Å². The Kier molecular flexibility index (Phi) is 5.52. The van der Waals surface area contributed by atoms with E-state index in [1.54, 1.807) is 49.8 Å². The van der Waals surface area contributed by atoms with Crippen molar-refractivity contribution in [3.05, 3.63) is 78.1 Å². The number of nitrogens with zero attached hydrogens (tertiary/aromatic N) is 5. The Morgan fingerprint density at radius 2 is 1.61 bits per heavy atom. The first-order valence-corrected chi connectivity index (χ1v) is 10.7. The van der Waals surface area contributed by atoms with Crippen LogP contribution in [0.5, 0.6) is 5.75 Å². The van der Waals surface area contributed by atoms with E-state index < -0.39 is 0 Å². The molecule has 1 aromatic carbocycles. The zero-order valence-corrected chi connectivity index (χ0v) is 18.2. The number of furan rings is 1. The van der Waals surface area contributed by atoms with Crippen LogP contribution in [0.25, 0.3) is 5.57 Å². The monoisotopic (exact) mass is 445 g/mol. The number of carbonyl (C=O) groups excluding carboxylic acids is 2. The zero-order chi connectivity index (χ0) is 22.8. The molecule has 0 saturated carbocycles. The third kappa shape index (κ3) is 3.93. The molecule has 2 amide bonds. The summed E-state index contributed by atoms with van der Waals surface area (Å²) in [6, 6.07) is 12.5. The maximum Gasteiger partial charge on any atom is 0.278 e.